The van der Waals surface area contributed by atoms with Gasteiger partial charge in [0.25, 0.3) is 0 Å². The lowest BCUT2D eigenvalue weighted by Crippen LogP contribution is -2.16. The Hall–Kier alpha value is -3.87. The van der Waals surface area contributed by atoms with Crippen LogP contribution >= 0.6 is 0 Å². The van der Waals surface area contributed by atoms with Crippen molar-refractivity contribution in [2.45, 2.75) is 6.92 Å². The number of pyridine rings is 1. The van der Waals surface area contributed by atoms with Gasteiger partial charge in [0, 0.05) is 29.5 Å². The van der Waals surface area contributed by atoms with Gasteiger partial charge in [0.1, 0.15) is 5.65 Å². The number of ketones is 1. The summed E-state index contributed by atoms with van der Waals surface area (Å²) in [6.45, 7) is 1.84. The predicted octanol–water partition coefficient (Wildman–Crippen LogP) is 2.88. The molecule has 0 saturated heterocycles. The highest BCUT2D eigenvalue weighted by molar-refractivity contribution is 6.27. The summed E-state index contributed by atoms with van der Waals surface area (Å²) in [6, 6.07) is 3.69. The van der Waals surface area contributed by atoms with E-state index in [0.717, 1.165) is 10.9 Å². The number of nitrogens with one attached hydrogen (secondary N) is 2. The van der Waals surface area contributed by atoms with Gasteiger partial charge in [-0.3, -0.25) is 4.79 Å². The number of aromatic amines is 1. The lowest BCUT2D eigenvalue weighted by atomic mass is 10.1. The van der Waals surface area contributed by atoms with E-state index in [2.05, 4.69) is 15.3 Å². The predicted molar refractivity (Wildman–Crippen MR) is 103 cm³/mol. The van der Waals surface area contributed by atoms with Crippen LogP contribution in [-0.2, 0) is 19.1 Å². The van der Waals surface area contributed by atoms with E-state index in [0.29, 0.717) is 11.3 Å². The molecule has 2 aromatic rings. The van der Waals surface area contributed by atoms with Crippen molar-refractivity contribution >= 4 is 28.9 Å². The highest BCUT2D eigenvalue weighted by Gasteiger charge is 2.38. The van der Waals surface area contributed by atoms with E-state index in [9.17, 15) is 9.59 Å². The van der Waals surface area contributed by atoms with Crippen LogP contribution in [0.2, 0.25) is 0 Å². The summed E-state index contributed by atoms with van der Waals surface area (Å²) in [5.41, 5.74) is 1.79. The molecular formula is C21H17N3O4. The molecule has 0 saturated carbocycles. The molecule has 2 aliphatic rings. The monoisotopic (exact) mass is 375 g/mol. The average Bonchev–Trinajstić information content (AvgIpc) is 3.12. The van der Waals surface area contributed by atoms with Crippen LogP contribution in [0.3, 0.4) is 0 Å². The van der Waals surface area contributed by atoms with Gasteiger partial charge in [-0.2, -0.15) is 0 Å². The molecule has 4 rings (SSSR count). The van der Waals surface area contributed by atoms with E-state index in [1.165, 1.54) is 0 Å². The van der Waals surface area contributed by atoms with Gasteiger partial charge in [0.15, 0.2) is 17.1 Å². The van der Waals surface area contributed by atoms with E-state index in [4.69, 9.17) is 9.47 Å². The molecule has 0 aromatic carbocycles. The molecule has 140 valence electrons. The zero-order valence-corrected chi connectivity index (χ0v) is 15.1. The van der Waals surface area contributed by atoms with Crippen LogP contribution in [0.15, 0.2) is 77.8 Å². The quantitative estimate of drug-likeness (QED) is 0.485. The fraction of sp³-hybridized carbons (Fsp3) is 0.0952. The van der Waals surface area contributed by atoms with Crippen LogP contribution in [0.5, 0.6) is 0 Å². The number of hydrogen-bond donors (Lipinski definition) is 2. The lowest BCUT2D eigenvalue weighted by Gasteiger charge is -2.09. The van der Waals surface area contributed by atoms with Gasteiger partial charge < -0.3 is 19.8 Å². The largest absolute Gasteiger partial charge is 0.462 e. The van der Waals surface area contributed by atoms with E-state index in [1.54, 1.807) is 49.8 Å². The molecule has 0 bridgehead atoms. The summed E-state index contributed by atoms with van der Waals surface area (Å²) in [6.07, 6.45) is 13.8. The highest BCUT2D eigenvalue weighted by atomic mass is 16.5. The number of carbonyl (C=O) groups excluding carboxylic acids is 2. The fourth-order valence-electron chi connectivity index (χ4n) is 2.94. The second-order valence-electron chi connectivity index (χ2n) is 5.98. The Morgan fingerprint density at radius 2 is 2.21 bits per heavy atom. The van der Waals surface area contributed by atoms with Crippen molar-refractivity contribution < 1.29 is 19.1 Å². The summed E-state index contributed by atoms with van der Waals surface area (Å²) in [5.74, 6) is -1.05. The van der Waals surface area contributed by atoms with E-state index in [-0.39, 0.29) is 23.7 Å². The zero-order chi connectivity index (χ0) is 19.5. The first-order valence-electron chi connectivity index (χ1n) is 8.77. The Bertz CT molecular complexity index is 1120. The Morgan fingerprint density at radius 1 is 1.32 bits per heavy atom. The maximum atomic E-state index is 13.0. The molecule has 2 aliphatic heterocycles. The molecule has 0 unspecified atom stereocenters. The van der Waals surface area contributed by atoms with Crippen molar-refractivity contribution in [2.75, 3.05) is 6.61 Å². The number of fused-ring (bicyclic) bond motifs is 1. The average molecular weight is 375 g/mol. The first-order valence-corrected chi connectivity index (χ1v) is 8.77. The maximum Gasteiger partial charge on any atom is 0.346 e. The molecule has 0 aliphatic carbocycles. The summed E-state index contributed by atoms with van der Waals surface area (Å²) in [7, 11) is 0. The number of aromatic nitrogens is 2. The van der Waals surface area contributed by atoms with Crippen molar-refractivity contribution in [3.8, 4) is 0 Å². The first kappa shape index (κ1) is 17.5. The molecule has 2 aromatic heterocycles. The second kappa shape index (κ2) is 7.40. The molecule has 0 radical (unpaired) electrons. The van der Waals surface area contributed by atoms with Crippen LogP contribution in [-0.4, -0.2) is 28.3 Å². The van der Waals surface area contributed by atoms with Gasteiger partial charge in [0.05, 0.1) is 12.3 Å². The van der Waals surface area contributed by atoms with Crippen LogP contribution < -0.4 is 5.32 Å². The van der Waals surface area contributed by atoms with Gasteiger partial charge in [0.2, 0.25) is 5.78 Å². The number of hydrogen-bond acceptors (Lipinski definition) is 6. The minimum absolute atomic E-state index is 0.0442. The Balaban J connectivity index is 1.76. The molecule has 4 heterocycles. The highest BCUT2D eigenvalue weighted by Crippen LogP contribution is 2.32. The normalized spacial score (nSPS) is 17.5. The van der Waals surface area contributed by atoms with Crippen LogP contribution in [0.4, 0.5) is 0 Å². The molecular weight excluding hydrogens is 358 g/mol. The van der Waals surface area contributed by atoms with Crippen molar-refractivity contribution in [1.82, 2.24) is 15.3 Å². The van der Waals surface area contributed by atoms with Gasteiger partial charge in [-0.1, -0.05) is 12.2 Å². The fourth-order valence-corrected chi connectivity index (χ4v) is 2.94. The maximum absolute atomic E-state index is 13.0. The molecule has 7 heteroatoms. The smallest absolute Gasteiger partial charge is 0.346 e. The standard InChI is InChI=1S/C21H17N3O4/c1-2-27-21(26)17-18(25)16(28-19(17)15-8-4-3-5-9-22-15)11-13-12-24-20-14(13)7-6-10-23-20/h3-12,22H,2H2,1H3,(H,23,24). The van der Waals surface area contributed by atoms with Gasteiger partial charge in [-0.15, -0.1) is 0 Å². The Morgan fingerprint density at radius 3 is 3.07 bits per heavy atom. The number of carbonyl (C=O) groups is 2. The van der Waals surface area contributed by atoms with Gasteiger partial charge in [-0.25, -0.2) is 9.78 Å². The van der Waals surface area contributed by atoms with Crippen molar-refractivity contribution in [3.63, 3.8) is 0 Å². The molecule has 0 amide bonds. The number of Topliss-reactive ketones (excluding diaryl/α,β-unsaturated/α-hetero) is 1. The Labute approximate surface area is 160 Å². The minimum Gasteiger partial charge on any atom is -0.462 e. The van der Waals surface area contributed by atoms with E-state index in [1.807, 2.05) is 18.2 Å². The van der Waals surface area contributed by atoms with Crippen molar-refractivity contribution in [3.05, 3.63) is 83.4 Å². The van der Waals surface area contributed by atoms with Gasteiger partial charge in [-0.05, 0) is 37.3 Å². The van der Waals surface area contributed by atoms with Crippen molar-refractivity contribution in [2.24, 2.45) is 0 Å². The minimum atomic E-state index is -0.716. The molecule has 0 spiro atoms. The number of allylic oxidation sites excluding steroid dienone is 5. The lowest BCUT2D eigenvalue weighted by molar-refractivity contribution is -0.139. The van der Waals surface area contributed by atoms with Crippen LogP contribution in [0.1, 0.15) is 12.5 Å². The number of rotatable bonds is 4. The number of H-pyrrole nitrogens is 1. The molecule has 7 nitrogen and oxygen atoms in total. The summed E-state index contributed by atoms with van der Waals surface area (Å²) < 4.78 is 10.9. The number of esters is 1. The SMILES string of the molecule is CCOC(=O)C1=C(C2=CC=CC=CN2)OC(=Cc2c[nH]c3ncccc23)C1=O. The summed E-state index contributed by atoms with van der Waals surface area (Å²) >= 11 is 0. The third-order valence-electron chi connectivity index (χ3n) is 4.20. The second-order valence-corrected chi connectivity index (χ2v) is 5.98. The van der Waals surface area contributed by atoms with Crippen LogP contribution in [0, 0.1) is 0 Å². The third-order valence-corrected chi connectivity index (χ3v) is 4.20. The molecule has 28 heavy (non-hydrogen) atoms. The summed E-state index contributed by atoms with van der Waals surface area (Å²) in [5, 5.41) is 3.85. The third kappa shape index (κ3) is 3.14. The molecule has 0 atom stereocenters. The zero-order valence-electron chi connectivity index (χ0n) is 15.1. The number of nitrogens with zero attached hydrogens (tertiary/aromatic N) is 1. The van der Waals surface area contributed by atoms with E-state index >= 15 is 0 Å². The first-order chi connectivity index (χ1) is 13.7. The van der Waals surface area contributed by atoms with Gasteiger partial charge >= 0.3 is 5.97 Å². The molecule has 2 N–H and O–H groups in total. The summed E-state index contributed by atoms with van der Waals surface area (Å²) in [4.78, 5) is 32.7. The molecule has 0 fully saturated rings. The Kier molecular flexibility index (Phi) is 4.63. The van der Waals surface area contributed by atoms with Crippen molar-refractivity contribution in [1.29, 1.82) is 0 Å². The van der Waals surface area contributed by atoms with Crippen LogP contribution in [0.25, 0.3) is 17.1 Å². The number of ether oxygens (including phenoxy) is 2. The van der Waals surface area contributed by atoms with E-state index < -0.39 is 11.8 Å². The topological polar surface area (TPSA) is 93.3 Å².